The first-order valence-electron chi connectivity index (χ1n) is 5.71. The molecule has 4 heteroatoms. The van der Waals surface area contributed by atoms with Crippen molar-refractivity contribution >= 4 is 5.69 Å². The van der Waals surface area contributed by atoms with Gasteiger partial charge >= 0.3 is 0 Å². The molecule has 0 unspecified atom stereocenters. The van der Waals surface area contributed by atoms with Crippen molar-refractivity contribution < 1.29 is 4.52 Å². The van der Waals surface area contributed by atoms with Gasteiger partial charge in [-0.05, 0) is 37.6 Å². The summed E-state index contributed by atoms with van der Waals surface area (Å²) in [5.41, 5.74) is 8.66. The van der Waals surface area contributed by atoms with Crippen LogP contribution in [0.25, 0.3) is 0 Å². The average molecular weight is 231 g/mol. The van der Waals surface area contributed by atoms with E-state index in [0.29, 0.717) is 0 Å². The summed E-state index contributed by atoms with van der Waals surface area (Å²) in [5.74, 6) is 0.848. The molecule has 0 radical (unpaired) electrons. The molecular weight excluding hydrogens is 214 g/mol. The molecule has 0 saturated carbocycles. The number of hydrogen-bond donors (Lipinski definition) is 2. The second kappa shape index (κ2) is 5.50. The predicted molar refractivity (Wildman–Crippen MR) is 67.5 cm³/mol. The van der Waals surface area contributed by atoms with Crippen molar-refractivity contribution in [3.8, 4) is 0 Å². The van der Waals surface area contributed by atoms with E-state index in [1.54, 1.807) is 0 Å². The fourth-order valence-corrected chi connectivity index (χ4v) is 1.63. The van der Waals surface area contributed by atoms with E-state index in [1.165, 1.54) is 5.56 Å². The Hall–Kier alpha value is -1.81. The number of hydrogen-bond acceptors (Lipinski definition) is 4. The van der Waals surface area contributed by atoms with Crippen LogP contribution in [0, 0.1) is 6.92 Å². The van der Waals surface area contributed by atoms with Crippen LogP contribution in [0.2, 0.25) is 0 Å². The summed E-state index contributed by atoms with van der Waals surface area (Å²) in [4.78, 5) is 0. The van der Waals surface area contributed by atoms with Crippen molar-refractivity contribution in [1.82, 2.24) is 10.5 Å². The van der Waals surface area contributed by atoms with Gasteiger partial charge in [-0.1, -0.05) is 17.3 Å². The topological polar surface area (TPSA) is 64.1 Å². The molecular formula is C13H17N3O. The van der Waals surface area contributed by atoms with Crippen molar-refractivity contribution in [3.05, 3.63) is 47.3 Å². The second-order valence-corrected chi connectivity index (χ2v) is 4.10. The minimum absolute atomic E-state index is 0.742. The highest BCUT2D eigenvalue weighted by Crippen LogP contribution is 2.05. The van der Waals surface area contributed by atoms with Crippen LogP contribution >= 0.6 is 0 Å². The van der Waals surface area contributed by atoms with Gasteiger partial charge in [-0.15, -0.1) is 0 Å². The number of benzene rings is 1. The molecule has 0 aliphatic heterocycles. The molecule has 0 aliphatic carbocycles. The molecule has 90 valence electrons. The van der Waals surface area contributed by atoms with Gasteiger partial charge in [0, 0.05) is 18.3 Å². The van der Waals surface area contributed by atoms with E-state index < -0.39 is 0 Å². The third kappa shape index (κ3) is 3.60. The van der Waals surface area contributed by atoms with E-state index in [9.17, 15) is 0 Å². The lowest BCUT2D eigenvalue weighted by Gasteiger charge is -2.03. The number of nitrogens with zero attached hydrogens (tertiary/aromatic N) is 1. The van der Waals surface area contributed by atoms with Crippen LogP contribution in [0.1, 0.15) is 17.0 Å². The van der Waals surface area contributed by atoms with Crippen LogP contribution in [-0.4, -0.2) is 11.7 Å². The van der Waals surface area contributed by atoms with Crippen molar-refractivity contribution in [2.24, 2.45) is 0 Å². The van der Waals surface area contributed by atoms with Crippen LogP contribution in [0.5, 0.6) is 0 Å². The van der Waals surface area contributed by atoms with Crippen molar-refractivity contribution in [2.75, 3.05) is 12.3 Å². The molecule has 0 bridgehead atoms. The van der Waals surface area contributed by atoms with Crippen LogP contribution in [0.4, 0.5) is 5.69 Å². The number of anilines is 1. The molecule has 0 amide bonds. The van der Waals surface area contributed by atoms with Crippen molar-refractivity contribution in [2.45, 2.75) is 19.9 Å². The molecule has 0 fully saturated rings. The van der Waals surface area contributed by atoms with Gasteiger partial charge in [0.15, 0.2) is 0 Å². The average Bonchev–Trinajstić information content (AvgIpc) is 2.73. The Kier molecular flexibility index (Phi) is 3.77. The van der Waals surface area contributed by atoms with Gasteiger partial charge in [0.1, 0.15) is 5.76 Å². The lowest BCUT2D eigenvalue weighted by molar-refractivity contribution is 0.388. The van der Waals surface area contributed by atoms with E-state index in [2.05, 4.69) is 22.6 Å². The maximum Gasteiger partial charge on any atom is 0.133 e. The molecule has 1 heterocycles. The summed E-state index contributed by atoms with van der Waals surface area (Å²) in [6.45, 7) is 3.55. The van der Waals surface area contributed by atoms with Gasteiger partial charge in [0.25, 0.3) is 0 Å². The molecule has 4 nitrogen and oxygen atoms in total. The first-order valence-corrected chi connectivity index (χ1v) is 5.71. The molecule has 0 saturated heterocycles. The molecule has 1 aromatic heterocycles. The van der Waals surface area contributed by atoms with Crippen LogP contribution in [0.3, 0.4) is 0 Å². The van der Waals surface area contributed by atoms with Gasteiger partial charge in [-0.3, -0.25) is 0 Å². The van der Waals surface area contributed by atoms with E-state index in [-0.39, 0.29) is 0 Å². The molecule has 0 atom stereocenters. The normalized spacial score (nSPS) is 10.6. The Morgan fingerprint density at radius 3 is 2.71 bits per heavy atom. The minimum atomic E-state index is 0.742. The number of nitrogens with one attached hydrogen (secondary N) is 1. The maximum absolute atomic E-state index is 5.63. The standard InChI is InChI=1S/C13H17N3O/c1-10-8-13(16-17-10)9-15-7-6-11-2-4-12(14)5-3-11/h2-5,8,15H,6-7,9,14H2,1H3. The first kappa shape index (κ1) is 11.7. The monoisotopic (exact) mass is 231 g/mol. The first-order chi connectivity index (χ1) is 8.24. The Morgan fingerprint density at radius 1 is 1.29 bits per heavy atom. The van der Waals surface area contributed by atoms with Crippen LogP contribution in [-0.2, 0) is 13.0 Å². The van der Waals surface area contributed by atoms with Gasteiger partial charge < -0.3 is 15.6 Å². The maximum atomic E-state index is 5.63. The van der Waals surface area contributed by atoms with Crippen LogP contribution in [0.15, 0.2) is 34.9 Å². The predicted octanol–water partition coefficient (Wildman–Crippen LogP) is 1.90. The van der Waals surface area contributed by atoms with E-state index in [4.69, 9.17) is 10.3 Å². The van der Waals surface area contributed by atoms with Gasteiger partial charge in [-0.2, -0.15) is 0 Å². The highest BCUT2D eigenvalue weighted by Gasteiger charge is 1.99. The molecule has 0 aliphatic rings. The second-order valence-electron chi connectivity index (χ2n) is 4.10. The van der Waals surface area contributed by atoms with Gasteiger partial charge in [0.05, 0.1) is 5.69 Å². The molecule has 2 aromatic rings. The van der Waals surface area contributed by atoms with E-state index >= 15 is 0 Å². The highest BCUT2D eigenvalue weighted by molar-refractivity contribution is 5.39. The fourth-order valence-electron chi connectivity index (χ4n) is 1.63. The van der Waals surface area contributed by atoms with Gasteiger partial charge in [0.2, 0.25) is 0 Å². The third-order valence-electron chi connectivity index (χ3n) is 2.55. The Balaban J connectivity index is 1.71. The smallest absolute Gasteiger partial charge is 0.133 e. The highest BCUT2D eigenvalue weighted by atomic mass is 16.5. The van der Waals surface area contributed by atoms with Crippen molar-refractivity contribution in [3.63, 3.8) is 0 Å². The molecule has 17 heavy (non-hydrogen) atoms. The lowest BCUT2D eigenvalue weighted by Crippen LogP contribution is -2.16. The SMILES string of the molecule is Cc1cc(CNCCc2ccc(N)cc2)no1. The molecule has 0 spiro atoms. The summed E-state index contributed by atoms with van der Waals surface area (Å²) in [7, 11) is 0. The Labute approximate surface area is 101 Å². The number of aromatic nitrogens is 1. The summed E-state index contributed by atoms with van der Waals surface area (Å²) in [6, 6.07) is 9.90. The third-order valence-corrected chi connectivity index (χ3v) is 2.55. The number of nitrogen functional groups attached to an aromatic ring is 1. The van der Waals surface area contributed by atoms with Crippen molar-refractivity contribution in [1.29, 1.82) is 0 Å². The quantitative estimate of drug-likeness (QED) is 0.609. The van der Waals surface area contributed by atoms with Crippen LogP contribution < -0.4 is 11.1 Å². The number of aryl methyl sites for hydroxylation is 1. The summed E-state index contributed by atoms with van der Waals surface area (Å²) in [5, 5.41) is 7.24. The Morgan fingerprint density at radius 2 is 2.06 bits per heavy atom. The lowest BCUT2D eigenvalue weighted by atomic mass is 10.1. The molecule has 2 rings (SSSR count). The van der Waals surface area contributed by atoms with E-state index in [0.717, 1.165) is 36.7 Å². The molecule has 3 N–H and O–H groups in total. The Bertz CT molecular complexity index is 462. The summed E-state index contributed by atoms with van der Waals surface area (Å²) >= 11 is 0. The zero-order valence-electron chi connectivity index (χ0n) is 9.94. The minimum Gasteiger partial charge on any atom is -0.399 e. The molecule has 1 aromatic carbocycles. The van der Waals surface area contributed by atoms with E-state index in [1.807, 2.05) is 25.1 Å². The fraction of sp³-hybridized carbons (Fsp3) is 0.308. The number of nitrogens with two attached hydrogens (primary N) is 1. The zero-order chi connectivity index (χ0) is 12.1. The number of rotatable bonds is 5. The van der Waals surface area contributed by atoms with Gasteiger partial charge in [-0.25, -0.2) is 0 Å². The zero-order valence-corrected chi connectivity index (χ0v) is 9.94. The summed E-state index contributed by atoms with van der Waals surface area (Å²) in [6.07, 6.45) is 0.983. The largest absolute Gasteiger partial charge is 0.399 e. The summed E-state index contributed by atoms with van der Waals surface area (Å²) < 4.78 is 4.99.